The average Bonchev–Trinajstić information content (AvgIpc) is 2.85. The molecule has 0 unspecified atom stereocenters. The third-order valence-corrected chi connectivity index (χ3v) is 4.58. The van der Waals surface area contributed by atoms with Gasteiger partial charge in [-0.3, -0.25) is 4.90 Å². The highest BCUT2D eigenvalue weighted by Gasteiger charge is 2.47. The summed E-state index contributed by atoms with van der Waals surface area (Å²) < 4.78 is 37.8. The van der Waals surface area contributed by atoms with Crippen LogP contribution in [0, 0.1) is 13.8 Å². The van der Waals surface area contributed by atoms with E-state index in [-0.39, 0.29) is 0 Å². The van der Waals surface area contributed by atoms with Crippen LogP contribution in [-0.2, 0) is 6.54 Å². The lowest BCUT2D eigenvalue weighted by atomic mass is 10.1. The lowest BCUT2D eigenvalue weighted by Crippen LogP contribution is -2.46. The first-order chi connectivity index (χ1) is 8.79. The van der Waals surface area contributed by atoms with Crippen LogP contribution in [0.1, 0.15) is 28.4 Å². The SMILES string of the molecule is Cc1nc(CN2CCC[C@@H]2[C@H](O)C(F)(F)F)sc1C. The highest BCUT2D eigenvalue weighted by molar-refractivity contribution is 7.11. The number of thiazole rings is 1. The Hall–Kier alpha value is -0.660. The molecule has 108 valence electrons. The summed E-state index contributed by atoms with van der Waals surface area (Å²) in [5.74, 6) is 0. The predicted octanol–water partition coefficient (Wildman–Crippen LogP) is 2.65. The molecule has 0 radical (unpaired) electrons. The molecular weight excluding hydrogens is 277 g/mol. The first-order valence-electron chi connectivity index (χ1n) is 6.21. The number of alkyl halides is 3. The first-order valence-corrected chi connectivity index (χ1v) is 7.02. The van der Waals surface area contributed by atoms with Crippen molar-refractivity contribution in [2.75, 3.05) is 6.54 Å². The summed E-state index contributed by atoms with van der Waals surface area (Å²) in [6.07, 6.45) is -5.76. The highest BCUT2D eigenvalue weighted by Crippen LogP contribution is 2.32. The normalized spacial score (nSPS) is 22.9. The third kappa shape index (κ3) is 3.27. The topological polar surface area (TPSA) is 36.4 Å². The summed E-state index contributed by atoms with van der Waals surface area (Å²) in [6, 6.07) is -0.843. The molecule has 0 saturated carbocycles. The van der Waals surface area contributed by atoms with Crippen molar-refractivity contribution in [3.8, 4) is 0 Å². The average molecular weight is 294 g/mol. The van der Waals surface area contributed by atoms with Gasteiger partial charge >= 0.3 is 6.18 Å². The van der Waals surface area contributed by atoms with E-state index in [2.05, 4.69) is 4.98 Å². The standard InChI is InChI=1S/C12H17F3N2OS/c1-7-8(2)19-10(16-7)6-17-5-3-4-9(17)11(18)12(13,14)15/h9,11,18H,3-6H2,1-2H3/t9-,11+/m1/s1. The summed E-state index contributed by atoms with van der Waals surface area (Å²) >= 11 is 1.51. The van der Waals surface area contributed by atoms with Gasteiger partial charge in [0.1, 0.15) is 5.01 Å². The summed E-state index contributed by atoms with van der Waals surface area (Å²) in [6.45, 7) is 4.80. The fourth-order valence-electron chi connectivity index (χ4n) is 2.40. The van der Waals surface area contributed by atoms with Gasteiger partial charge in [-0.25, -0.2) is 4.98 Å². The Kier molecular flexibility index (Phi) is 4.17. The number of nitrogens with zero attached hydrogens (tertiary/aromatic N) is 2. The van der Waals surface area contributed by atoms with E-state index in [0.717, 1.165) is 15.6 Å². The molecule has 19 heavy (non-hydrogen) atoms. The van der Waals surface area contributed by atoms with Crippen molar-refractivity contribution in [1.82, 2.24) is 9.88 Å². The number of aromatic nitrogens is 1. The minimum atomic E-state index is -4.55. The monoisotopic (exact) mass is 294 g/mol. The van der Waals surface area contributed by atoms with E-state index in [9.17, 15) is 18.3 Å². The van der Waals surface area contributed by atoms with E-state index in [1.54, 1.807) is 4.90 Å². The van der Waals surface area contributed by atoms with Crippen LogP contribution >= 0.6 is 11.3 Å². The molecule has 7 heteroatoms. The molecule has 1 N–H and O–H groups in total. The van der Waals surface area contributed by atoms with Crippen LogP contribution in [0.25, 0.3) is 0 Å². The Morgan fingerprint density at radius 1 is 1.47 bits per heavy atom. The van der Waals surface area contributed by atoms with E-state index in [1.165, 1.54) is 11.3 Å². The number of hydrogen-bond donors (Lipinski definition) is 1. The van der Waals surface area contributed by atoms with Gasteiger partial charge < -0.3 is 5.11 Å². The zero-order valence-corrected chi connectivity index (χ0v) is 11.7. The third-order valence-electron chi connectivity index (χ3n) is 3.53. The van der Waals surface area contributed by atoms with E-state index in [1.807, 2.05) is 13.8 Å². The van der Waals surface area contributed by atoms with E-state index in [4.69, 9.17) is 0 Å². The van der Waals surface area contributed by atoms with Gasteiger partial charge in [0.25, 0.3) is 0 Å². The van der Waals surface area contributed by atoms with Crippen LogP contribution < -0.4 is 0 Å². The maximum atomic E-state index is 12.6. The molecule has 1 fully saturated rings. The second kappa shape index (κ2) is 5.38. The summed E-state index contributed by atoms with van der Waals surface area (Å²) in [5.41, 5.74) is 0.923. The van der Waals surface area contributed by atoms with Crippen molar-refractivity contribution in [2.24, 2.45) is 0 Å². The number of aliphatic hydroxyl groups is 1. The lowest BCUT2D eigenvalue weighted by molar-refractivity contribution is -0.219. The van der Waals surface area contributed by atoms with Gasteiger partial charge in [-0.2, -0.15) is 13.2 Å². The molecule has 2 heterocycles. The molecule has 1 aliphatic heterocycles. The molecule has 0 aromatic carbocycles. The second-order valence-electron chi connectivity index (χ2n) is 4.92. The van der Waals surface area contributed by atoms with Gasteiger partial charge in [0.2, 0.25) is 0 Å². The Bertz CT molecular complexity index is 427. The van der Waals surface area contributed by atoms with Gasteiger partial charge in [0.05, 0.1) is 12.2 Å². The molecule has 3 nitrogen and oxygen atoms in total. The first kappa shape index (κ1) is 14.7. The van der Waals surface area contributed by atoms with Gasteiger partial charge in [-0.05, 0) is 33.2 Å². The Labute approximate surface area is 114 Å². The molecule has 1 aliphatic rings. The molecule has 0 bridgehead atoms. The van der Waals surface area contributed by atoms with Crippen LogP contribution in [-0.4, -0.2) is 39.9 Å². The Morgan fingerprint density at radius 3 is 2.68 bits per heavy atom. The van der Waals surface area contributed by atoms with Crippen LogP contribution in [0.4, 0.5) is 13.2 Å². The van der Waals surface area contributed by atoms with Crippen molar-refractivity contribution in [3.63, 3.8) is 0 Å². The van der Waals surface area contributed by atoms with Gasteiger partial charge in [0.15, 0.2) is 6.10 Å². The van der Waals surface area contributed by atoms with Gasteiger partial charge in [0, 0.05) is 10.9 Å². The minimum absolute atomic E-state index is 0.379. The van der Waals surface area contributed by atoms with Crippen molar-refractivity contribution in [1.29, 1.82) is 0 Å². The van der Waals surface area contributed by atoms with E-state index in [0.29, 0.717) is 25.9 Å². The van der Waals surface area contributed by atoms with Crippen molar-refractivity contribution in [2.45, 2.75) is 51.6 Å². The van der Waals surface area contributed by atoms with Crippen LogP contribution in [0.3, 0.4) is 0 Å². The predicted molar refractivity (Wildman–Crippen MR) is 67.1 cm³/mol. The van der Waals surface area contributed by atoms with E-state index < -0.39 is 18.3 Å². The zero-order chi connectivity index (χ0) is 14.2. The summed E-state index contributed by atoms with van der Waals surface area (Å²) in [4.78, 5) is 7.12. The van der Waals surface area contributed by atoms with Crippen molar-refractivity contribution < 1.29 is 18.3 Å². The van der Waals surface area contributed by atoms with Gasteiger partial charge in [-0.1, -0.05) is 0 Å². The number of aliphatic hydroxyl groups excluding tert-OH is 1. The van der Waals surface area contributed by atoms with Crippen LogP contribution in [0.2, 0.25) is 0 Å². The van der Waals surface area contributed by atoms with Crippen molar-refractivity contribution in [3.05, 3.63) is 15.6 Å². The molecular formula is C12H17F3N2OS. The molecule has 1 aromatic heterocycles. The molecule has 0 spiro atoms. The molecule has 1 saturated heterocycles. The molecule has 0 amide bonds. The van der Waals surface area contributed by atoms with Crippen molar-refractivity contribution >= 4 is 11.3 Å². The minimum Gasteiger partial charge on any atom is -0.382 e. The number of aryl methyl sites for hydroxylation is 2. The number of hydrogen-bond acceptors (Lipinski definition) is 4. The molecule has 2 atom stereocenters. The quantitative estimate of drug-likeness (QED) is 0.931. The summed E-state index contributed by atoms with van der Waals surface area (Å²) in [7, 11) is 0. The Balaban J connectivity index is 2.07. The molecule has 2 rings (SSSR count). The van der Waals surface area contributed by atoms with Gasteiger partial charge in [-0.15, -0.1) is 11.3 Å². The maximum Gasteiger partial charge on any atom is 0.415 e. The van der Waals surface area contributed by atoms with Crippen LogP contribution in [0.15, 0.2) is 0 Å². The fourth-order valence-corrected chi connectivity index (χ4v) is 3.36. The van der Waals surface area contributed by atoms with Crippen LogP contribution in [0.5, 0.6) is 0 Å². The number of rotatable bonds is 3. The Morgan fingerprint density at radius 2 is 2.16 bits per heavy atom. The highest BCUT2D eigenvalue weighted by atomic mass is 32.1. The van der Waals surface area contributed by atoms with E-state index >= 15 is 0 Å². The fraction of sp³-hybridized carbons (Fsp3) is 0.750. The number of halogens is 3. The number of likely N-dealkylation sites (tertiary alicyclic amines) is 1. The zero-order valence-electron chi connectivity index (χ0n) is 10.9. The second-order valence-corrected chi connectivity index (χ2v) is 6.20. The molecule has 0 aliphatic carbocycles. The maximum absolute atomic E-state index is 12.6. The smallest absolute Gasteiger partial charge is 0.382 e. The lowest BCUT2D eigenvalue weighted by Gasteiger charge is -2.29. The largest absolute Gasteiger partial charge is 0.415 e. The summed E-state index contributed by atoms with van der Waals surface area (Å²) in [5, 5.41) is 10.2. The molecule has 1 aromatic rings.